The SMILES string of the molecule is CC1=C(C)C(CCCCCS)C(C)=C1C. The molecule has 1 aliphatic carbocycles. The van der Waals surface area contributed by atoms with Gasteiger partial charge in [0.2, 0.25) is 0 Å². The molecule has 0 aromatic heterocycles. The Hall–Kier alpha value is -0.170. The van der Waals surface area contributed by atoms with Crippen LogP contribution in [0.3, 0.4) is 0 Å². The Bertz CT molecular complexity index is 260. The standard InChI is InChI=1S/C14H24S/c1-10-11(2)13(4)14(12(10)3)8-6-5-7-9-15/h14-15H,5-9H2,1-4H3. The Kier molecular flexibility index (Phi) is 4.98. The molecule has 0 fully saturated rings. The molecule has 0 saturated carbocycles. The Morgan fingerprint density at radius 3 is 1.87 bits per heavy atom. The molecule has 0 nitrogen and oxygen atoms in total. The van der Waals surface area contributed by atoms with Crippen LogP contribution in [0.15, 0.2) is 22.3 Å². The molecule has 1 heteroatoms. The summed E-state index contributed by atoms with van der Waals surface area (Å²) >= 11 is 4.25. The number of unbranched alkanes of at least 4 members (excludes halogenated alkanes) is 2. The number of allylic oxidation sites excluding steroid dienone is 4. The second-order valence-corrected chi connectivity index (χ2v) is 5.19. The summed E-state index contributed by atoms with van der Waals surface area (Å²) in [6.07, 6.45) is 5.28. The highest BCUT2D eigenvalue weighted by molar-refractivity contribution is 7.80. The number of thiol groups is 1. The molecule has 0 radical (unpaired) electrons. The van der Waals surface area contributed by atoms with Crippen LogP contribution < -0.4 is 0 Å². The van der Waals surface area contributed by atoms with E-state index in [0.717, 1.165) is 11.7 Å². The normalized spacial score (nSPS) is 18.2. The molecule has 0 spiro atoms. The van der Waals surface area contributed by atoms with Crippen molar-refractivity contribution < 1.29 is 0 Å². The largest absolute Gasteiger partial charge is 0.179 e. The van der Waals surface area contributed by atoms with Crippen molar-refractivity contribution in [1.82, 2.24) is 0 Å². The summed E-state index contributed by atoms with van der Waals surface area (Å²) in [5.41, 5.74) is 6.28. The molecule has 0 heterocycles. The lowest BCUT2D eigenvalue weighted by molar-refractivity contribution is 0.578. The van der Waals surface area contributed by atoms with Crippen molar-refractivity contribution in [2.45, 2.75) is 53.4 Å². The minimum absolute atomic E-state index is 0.741. The summed E-state index contributed by atoms with van der Waals surface area (Å²) in [6.45, 7) is 9.14. The van der Waals surface area contributed by atoms with Crippen LogP contribution in [0.25, 0.3) is 0 Å². The molecule has 0 aliphatic heterocycles. The molecule has 0 saturated heterocycles. The molecule has 0 atom stereocenters. The maximum absolute atomic E-state index is 4.25. The zero-order valence-electron chi connectivity index (χ0n) is 10.6. The topological polar surface area (TPSA) is 0 Å². The van der Waals surface area contributed by atoms with Crippen LogP contribution in [0.5, 0.6) is 0 Å². The molecule has 86 valence electrons. The van der Waals surface area contributed by atoms with Crippen molar-refractivity contribution >= 4 is 12.6 Å². The number of hydrogen-bond acceptors (Lipinski definition) is 1. The van der Waals surface area contributed by atoms with E-state index >= 15 is 0 Å². The highest BCUT2D eigenvalue weighted by atomic mass is 32.1. The van der Waals surface area contributed by atoms with Crippen molar-refractivity contribution in [3.8, 4) is 0 Å². The lowest BCUT2D eigenvalue weighted by Crippen LogP contribution is -2.00. The van der Waals surface area contributed by atoms with Crippen molar-refractivity contribution in [1.29, 1.82) is 0 Å². The zero-order valence-corrected chi connectivity index (χ0v) is 11.5. The van der Waals surface area contributed by atoms with Gasteiger partial charge < -0.3 is 0 Å². The summed E-state index contributed by atoms with van der Waals surface area (Å²) in [7, 11) is 0. The summed E-state index contributed by atoms with van der Waals surface area (Å²) in [4.78, 5) is 0. The van der Waals surface area contributed by atoms with E-state index in [1.54, 1.807) is 11.1 Å². The second kappa shape index (κ2) is 5.79. The minimum Gasteiger partial charge on any atom is -0.179 e. The third-order valence-electron chi connectivity index (χ3n) is 3.94. The Morgan fingerprint density at radius 1 is 0.867 bits per heavy atom. The third kappa shape index (κ3) is 2.90. The molecule has 0 amide bonds. The summed E-state index contributed by atoms with van der Waals surface area (Å²) in [5.74, 6) is 1.77. The monoisotopic (exact) mass is 224 g/mol. The van der Waals surface area contributed by atoms with Gasteiger partial charge in [0, 0.05) is 5.92 Å². The van der Waals surface area contributed by atoms with Gasteiger partial charge in [-0.15, -0.1) is 0 Å². The minimum atomic E-state index is 0.741. The van der Waals surface area contributed by atoms with Gasteiger partial charge in [-0.2, -0.15) is 12.6 Å². The number of hydrogen-bond donors (Lipinski definition) is 1. The van der Waals surface area contributed by atoms with Crippen molar-refractivity contribution in [3.63, 3.8) is 0 Å². The fourth-order valence-corrected chi connectivity index (χ4v) is 2.73. The molecule has 0 N–H and O–H groups in total. The average Bonchev–Trinajstić information content (AvgIpc) is 2.41. The molecule has 1 rings (SSSR count). The average molecular weight is 224 g/mol. The van der Waals surface area contributed by atoms with Crippen LogP contribution >= 0.6 is 12.6 Å². The Morgan fingerprint density at radius 2 is 1.40 bits per heavy atom. The molecule has 0 aromatic rings. The fraction of sp³-hybridized carbons (Fsp3) is 0.714. The van der Waals surface area contributed by atoms with E-state index in [1.807, 2.05) is 0 Å². The predicted molar refractivity (Wildman–Crippen MR) is 72.6 cm³/mol. The molecular weight excluding hydrogens is 200 g/mol. The van der Waals surface area contributed by atoms with Gasteiger partial charge in [-0.25, -0.2) is 0 Å². The van der Waals surface area contributed by atoms with E-state index in [-0.39, 0.29) is 0 Å². The smallest absolute Gasteiger partial charge is 0.00130 e. The van der Waals surface area contributed by atoms with Crippen LogP contribution in [0.4, 0.5) is 0 Å². The highest BCUT2D eigenvalue weighted by Crippen LogP contribution is 2.39. The third-order valence-corrected chi connectivity index (χ3v) is 4.26. The van der Waals surface area contributed by atoms with Crippen molar-refractivity contribution in [2.75, 3.05) is 5.75 Å². The predicted octanol–water partition coefficient (Wildman–Crippen LogP) is 4.78. The van der Waals surface area contributed by atoms with E-state index in [4.69, 9.17) is 0 Å². The lowest BCUT2D eigenvalue weighted by atomic mass is 9.91. The maximum atomic E-state index is 4.25. The Balaban J connectivity index is 2.50. The van der Waals surface area contributed by atoms with E-state index < -0.39 is 0 Å². The highest BCUT2D eigenvalue weighted by Gasteiger charge is 2.23. The molecule has 1 aliphatic rings. The van der Waals surface area contributed by atoms with E-state index in [2.05, 4.69) is 40.3 Å². The van der Waals surface area contributed by atoms with Crippen LogP contribution in [0.1, 0.15) is 53.4 Å². The number of rotatable bonds is 5. The summed E-state index contributed by atoms with van der Waals surface area (Å²) < 4.78 is 0. The van der Waals surface area contributed by atoms with E-state index in [9.17, 15) is 0 Å². The van der Waals surface area contributed by atoms with Crippen LogP contribution in [-0.4, -0.2) is 5.75 Å². The van der Waals surface area contributed by atoms with Crippen LogP contribution in [-0.2, 0) is 0 Å². The molecule has 0 aromatic carbocycles. The zero-order chi connectivity index (χ0) is 11.4. The van der Waals surface area contributed by atoms with E-state index in [1.165, 1.54) is 36.8 Å². The van der Waals surface area contributed by atoms with Gasteiger partial charge in [-0.1, -0.05) is 24.0 Å². The van der Waals surface area contributed by atoms with E-state index in [0.29, 0.717) is 0 Å². The first kappa shape index (κ1) is 12.9. The van der Waals surface area contributed by atoms with Gasteiger partial charge >= 0.3 is 0 Å². The van der Waals surface area contributed by atoms with Crippen LogP contribution in [0.2, 0.25) is 0 Å². The van der Waals surface area contributed by atoms with Gasteiger partial charge in [0.05, 0.1) is 0 Å². The molecule has 0 unspecified atom stereocenters. The van der Waals surface area contributed by atoms with Gasteiger partial charge in [-0.3, -0.25) is 0 Å². The first-order valence-electron chi connectivity index (χ1n) is 6.05. The lowest BCUT2D eigenvalue weighted by Gasteiger charge is -2.14. The second-order valence-electron chi connectivity index (χ2n) is 4.74. The summed E-state index contributed by atoms with van der Waals surface area (Å²) in [6, 6.07) is 0. The molecule has 0 bridgehead atoms. The molecular formula is C14H24S. The fourth-order valence-electron chi connectivity index (χ4n) is 2.51. The van der Waals surface area contributed by atoms with Gasteiger partial charge in [0.15, 0.2) is 0 Å². The molecule has 15 heavy (non-hydrogen) atoms. The summed E-state index contributed by atoms with van der Waals surface area (Å²) in [5, 5.41) is 0. The Labute approximate surface area is 100 Å². The first-order chi connectivity index (χ1) is 7.09. The van der Waals surface area contributed by atoms with Crippen LogP contribution in [0, 0.1) is 5.92 Å². The van der Waals surface area contributed by atoms with Crippen molar-refractivity contribution in [2.24, 2.45) is 5.92 Å². The maximum Gasteiger partial charge on any atom is 0.00130 e. The van der Waals surface area contributed by atoms with Gasteiger partial charge in [0.25, 0.3) is 0 Å². The van der Waals surface area contributed by atoms with Gasteiger partial charge in [-0.05, 0) is 57.4 Å². The quantitative estimate of drug-likeness (QED) is 0.504. The first-order valence-corrected chi connectivity index (χ1v) is 6.68. The van der Waals surface area contributed by atoms with Crippen molar-refractivity contribution in [3.05, 3.63) is 22.3 Å². The van der Waals surface area contributed by atoms with Gasteiger partial charge in [0.1, 0.15) is 0 Å².